The summed E-state index contributed by atoms with van der Waals surface area (Å²) < 4.78 is 33.2. The molecular formula is C19H20N4O3S. The lowest BCUT2D eigenvalue weighted by Gasteiger charge is -2.30. The van der Waals surface area contributed by atoms with Crippen LogP contribution in [0.4, 0.5) is 0 Å². The Morgan fingerprint density at radius 3 is 2.67 bits per heavy atom. The van der Waals surface area contributed by atoms with Gasteiger partial charge in [0.1, 0.15) is 5.69 Å². The van der Waals surface area contributed by atoms with Crippen LogP contribution in [-0.2, 0) is 10.0 Å². The predicted octanol–water partition coefficient (Wildman–Crippen LogP) is 3.01. The second kappa shape index (κ2) is 7.21. The van der Waals surface area contributed by atoms with Crippen molar-refractivity contribution in [2.45, 2.75) is 30.6 Å². The molecule has 0 amide bonds. The summed E-state index contributed by atoms with van der Waals surface area (Å²) in [5.74, 6) is 0.688. The van der Waals surface area contributed by atoms with Crippen LogP contribution in [0.25, 0.3) is 11.6 Å². The van der Waals surface area contributed by atoms with Crippen molar-refractivity contribution in [3.8, 4) is 11.6 Å². The molecule has 1 aromatic carbocycles. The molecule has 1 aliphatic rings. The number of benzene rings is 1. The first-order valence-electron chi connectivity index (χ1n) is 8.85. The van der Waals surface area contributed by atoms with Gasteiger partial charge in [0.15, 0.2) is 0 Å². The zero-order valence-electron chi connectivity index (χ0n) is 14.9. The first-order valence-corrected chi connectivity index (χ1v) is 10.3. The molecule has 27 heavy (non-hydrogen) atoms. The van der Waals surface area contributed by atoms with Gasteiger partial charge in [-0.3, -0.25) is 4.98 Å². The number of aryl methyl sites for hydroxylation is 1. The highest BCUT2D eigenvalue weighted by atomic mass is 32.2. The molecule has 0 saturated carbocycles. The van der Waals surface area contributed by atoms with Crippen LogP contribution in [0.5, 0.6) is 0 Å². The minimum Gasteiger partial charge on any atom is -0.419 e. The highest BCUT2D eigenvalue weighted by Crippen LogP contribution is 2.30. The van der Waals surface area contributed by atoms with Crippen molar-refractivity contribution in [2.24, 2.45) is 0 Å². The molecule has 1 atom stereocenters. The van der Waals surface area contributed by atoms with Crippen molar-refractivity contribution in [1.82, 2.24) is 19.5 Å². The van der Waals surface area contributed by atoms with E-state index in [2.05, 4.69) is 15.2 Å². The Hall–Kier alpha value is -2.58. The zero-order chi connectivity index (χ0) is 18.9. The highest BCUT2D eigenvalue weighted by Gasteiger charge is 2.33. The highest BCUT2D eigenvalue weighted by molar-refractivity contribution is 7.89. The molecule has 1 fully saturated rings. The average molecular weight is 384 g/mol. The molecule has 3 aromatic rings. The Morgan fingerprint density at radius 1 is 1.11 bits per heavy atom. The van der Waals surface area contributed by atoms with E-state index in [4.69, 9.17) is 4.42 Å². The van der Waals surface area contributed by atoms with E-state index in [0.717, 1.165) is 18.4 Å². The number of nitrogens with zero attached hydrogens (tertiary/aromatic N) is 4. The van der Waals surface area contributed by atoms with E-state index < -0.39 is 10.0 Å². The Morgan fingerprint density at radius 2 is 1.93 bits per heavy atom. The van der Waals surface area contributed by atoms with E-state index in [-0.39, 0.29) is 5.92 Å². The van der Waals surface area contributed by atoms with Crippen molar-refractivity contribution >= 4 is 10.0 Å². The number of rotatable bonds is 4. The molecule has 0 aliphatic carbocycles. The molecule has 4 rings (SSSR count). The van der Waals surface area contributed by atoms with Gasteiger partial charge in [-0.25, -0.2) is 8.42 Å². The molecule has 0 N–H and O–H groups in total. The maximum atomic E-state index is 13.0. The fourth-order valence-electron chi connectivity index (χ4n) is 3.21. The van der Waals surface area contributed by atoms with Crippen LogP contribution in [0.15, 0.2) is 58.0 Å². The smallest absolute Gasteiger partial charge is 0.266 e. The summed E-state index contributed by atoms with van der Waals surface area (Å²) in [6.07, 6.45) is 3.22. The van der Waals surface area contributed by atoms with E-state index in [0.29, 0.717) is 35.5 Å². The largest absolute Gasteiger partial charge is 0.419 e. The molecule has 3 heterocycles. The maximum absolute atomic E-state index is 13.0. The lowest BCUT2D eigenvalue weighted by Crippen LogP contribution is -2.39. The number of hydrogen-bond acceptors (Lipinski definition) is 6. The van der Waals surface area contributed by atoms with Crippen molar-refractivity contribution in [3.05, 3.63) is 60.1 Å². The van der Waals surface area contributed by atoms with E-state index >= 15 is 0 Å². The van der Waals surface area contributed by atoms with Crippen LogP contribution in [0.2, 0.25) is 0 Å². The Balaban J connectivity index is 1.55. The first-order chi connectivity index (χ1) is 13.0. The molecule has 8 heteroatoms. The Bertz CT molecular complexity index is 1020. The fraction of sp³-hybridized carbons (Fsp3) is 0.316. The minimum absolute atomic E-state index is 0.121. The monoisotopic (exact) mass is 384 g/mol. The molecule has 1 saturated heterocycles. The van der Waals surface area contributed by atoms with Gasteiger partial charge in [-0.1, -0.05) is 23.8 Å². The number of aromatic nitrogens is 3. The van der Waals surface area contributed by atoms with Crippen LogP contribution in [0.3, 0.4) is 0 Å². The fourth-order valence-corrected chi connectivity index (χ4v) is 4.74. The third-order valence-electron chi connectivity index (χ3n) is 4.72. The number of hydrogen-bond donors (Lipinski definition) is 0. The number of pyridine rings is 1. The van der Waals surface area contributed by atoms with Gasteiger partial charge in [0, 0.05) is 19.3 Å². The molecule has 1 unspecified atom stereocenters. The van der Waals surface area contributed by atoms with Gasteiger partial charge < -0.3 is 4.42 Å². The van der Waals surface area contributed by atoms with Crippen LogP contribution >= 0.6 is 0 Å². The SMILES string of the molecule is Cc1ccc(S(=O)(=O)N2CCCC(c3nnc(-c4ccccn4)o3)C2)cc1. The van der Waals surface area contributed by atoms with E-state index in [1.54, 1.807) is 24.4 Å². The van der Waals surface area contributed by atoms with E-state index in [1.165, 1.54) is 4.31 Å². The third kappa shape index (κ3) is 3.63. The summed E-state index contributed by atoms with van der Waals surface area (Å²) in [5, 5.41) is 8.21. The molecule has 0 radical (unpaired) electrons. The van der Waals surface area contributed by atoms with Gasteiger partial charge in [0.25, 0.3) is 5.89 Å². The molecular weight excluding hydrogens is 364 g/mol. The van der Waals surface area contributed by atoms with Crippen molar-refractivity contribution in [2.75, 3.05) is 13.1 Å². The van der Waals surface area contributed by atoms with Crippen molar-refractivity contribution < 1.29 is 12.8 Å². The Labute approximate surface area is 158 Å². The van der Waals surface area contributed by atoms with Crippen LogP contribution in [0.1, 0.15) is 30.2 Å². The molecule has 7 nitrogen and oxygen atoms in total. The van der Waals surface area contributed by atoms with Gasteiger partial charge in [0.2, 0.25) is 15.9 Å². The lowest BCUT2D eigenvalue weighted by molar-refractivity contribution is 0.286. The van der Waals surface area contributed by atoms with E-state index in [9.17, 15) is 8.42 Å². The quantitative estimate of drug-likeness (QED) is 0.687. The zero-order valence-corrected chi connectivity index (χ0v) is 15.8. The van der Waals surface area contributed by atoms with Gasteiger partial charge in [0.05, 0.1) is 10.8 Å². The van der Waals surface area contributed by atoms with Crippen LogP contribution < -0.4 is 0 Å². The summed E-state index contributed by atoms with van der Waals surface area (Å²) in [7, 11) is -3.53. The number of sulfonamides is 1. The summed E-state index contributed by atoms with van der Waals surface area (Å²) >= 11 is 0. The summed E-state index contributed by atoms with van der Waals surface area (Å²) in [5.41, 5.74) is 1.63. The number of piperidine rings is 1. The minimum atomic E-state index is -3.53. The van der Waals surface area contributed by atoms with Gasteiger partial charge in [-0.2, -0.15) is 4.31 Å². The van der Waals surface area contributed by atoms with Gasteiger partial charge >= 0.3 is 0 Å². The molecule has 0 spiro atoms. The van der Waals surface area contributed by atoms with Crippen molar-refractivity contribution in [3.63, 3.8) is 0 Å². The maximum Gasteiger partial charge on any atom is 0.266 e. The van der Waals surface area contributed by atoms with Gasteiger partial charge in [-0.05, 0) is 44.0 Å². The summed E-state index contributed by atoms with van der Waals surface area (Å²) in [6, 6.07) is 12.4. The molecule has 0 bridgehead atoms. The molecule has 2 aromatic heterocycles. The van der Waals surface area contributed by atoms with Crippen LogP contribution in [-0.4, -0.2) is 41.0 Å². The Kier molecular flexibility index (Phi) is 4.75. The third-order valence-corrected chi connectivity index (χ3v) is 6.60. The summed E-state index contributed by atoms with van der Waals surface area (Å²) in [4.78, 5) is 4.52. The van der Waals surface area contributed by atoms with Crippen LogP contribution in [0, 0.1) is 6.92 Å². The average Bonchev–Trinajstić information content (AvgIpc) is 3.19. The second-order valence-corrected chi connectivity index (χ2v) is 8.61. The first kappa shape index (κ1) is 17.8. The van der Waals surface area contributed by atoms with Crippen molar-refractivity contribution in [1.29, 1.82) is 0 Å². The second-order valence-electron chi connectivity index (χ2n) is 6.68. The molecule has 1 aliphatic heterocycles. The predicted molar refractivity (Wildman–Crippen MR) is 99.4 cm³/mol. The van der Waals surface area contributed by atoms with Gasteiger partial charge in [-0.15, -0.1) is 10.2 Å². The standard InChI is InChI=1S/C19H20N4O3S/c1-14-7-9-16(10-8-14)27(24,25)23-12-4-5-15(13-23)18-21-22-19(26-18)17-6-2-3-11-20-17/h2-3,6-11,15H,4-5,12-13H2,1H3. The van der Waals surface area contributed by atoms with E-state index in [1.807, 2.05) is 31.2 Å². The molecule has 140 valence electrons. The summed E-state index contributed by atoms with van der Waals surface area (Å²) in [6.45, 7) is 2.76. The topological polar surface area (TPSA) is 89.2 Å². The normalized spacial score (nSPS) is 18.5. The lowest BCUT2D eigenvalue weighted by atomic mass is 10.00.